The van der Waals surface area contributed by atoms with Crippen LogP contribution in [0.2, 0.25) is 0 Å². The Morgan fingerprint density at radius 2 is 1.53 bits per heavy atom. The van der Waals surface area contributed by atoms with E-state index in [1.165, 1.54) is 17.7 Å². The molecule has 0 heterocycles. The quantitative estimate of drug-likeness (QED) is 0.220. The third kappa shape index (κ3) is 4.65. The Morgan fingerprint density at radius 3 is 2.03 bits per heavy atom. The van der Waals surface area contributed by atoms with E-state index in [0.717, 1.165) is 23.6 Å². The van der Waals surface area contributed by atoms with Crippen molar-refractivity contribution in [3.63, 3.8) is 0 Å². The largest absolute Gasteiger partial charge is 0.423 e. The van der Waals surface area contributed by atoms with Crippen LogP contribution in [0.25, 0.3) is 11.1 Å². The standard InChI is InChI=1S/C22H16F3NO4/c1-2-14-3-5-15(6-4-14)16-7-10-18(11-8-16)30-21(27)19-12-9-17(22(23,24)25)13-20(19)26(28)29/h3-13H,2H2,1H3. The second-order valence-corrected chi connectivity index (χ2v) is 6.45. The molecule has 3 aromatic rings. The molecule has 154 valence electrons. The number of nitro groups is 1. The predicted molar refractivity (Wildman–Crippen MR) is 104 cm³/mol. The predicted octanol–water partition coefficient (Wildman–Crippen LogP) is 6.06. The molecule has 3 aromatic carbocycles. The molecule has 30 heavy (non-hydrogen) atoms. The van der Waals surface area contributed by atoms with Gasteiger partial charge >= 0.3 is 12.1 Å². The molecule has 0 saturated heterocycles. The first-order valence-corrected chi connectivity index (χ1v) is 8.96. The van der Waals surface area contributed by atoms with Crippen LogP contribution in [0.4, 0.5) is 18.9 Å². The van der Waals surface area contributed by atoms with Gasteiger partial charge in [-0.15, -0.1) is 0 Å². The highest BCUT2D eigenvalue weighted by molar-refractivity contribution is 5.95. The lowest BCUT2D eigenvalue weighted by molar-refractivity contribution is -0.385. The van der Waals surface area contributed by atoms with E-state index in [1.54, 1.807) is 12.1 Å². The number of aryl methyl sites for hydroxylation is 1. The van der Waals surface area contributed by atoms with Crippen LogP contribution in [0, 0.1) is 10.1 Å². The van der Waals surface area contributed by atoms with Gasteiger partial charge in [0.25, 0.3) is 5.69 Å². The number of ether oxygens (including phenoxy) is 1. The highest BCUT2D eigenvalue weighted by atomic mass is 19.4. The van der Waals surface area contributed by atoms with Gasteiger partial charge in [-0.05, 0) is 47.4 Å². The Balaban J connectivity index is 1.81. The molecule has 0 saturated carbocycles. The topological polar surface area (TPSA) is 69.4 Å². The molecule has 0 amide bonds. The van der Waals surface area contributed by atoms with Crippen LogP contribution in [0.15, 0.2) is 66.7 Å². The molecule has 0 atom stereocenters. The Kier molecular flexibility index (Phi) is 5.86. The zero-order valence-electron chi connectivity index (χ0n) is 15.8. The Morgan fingerprint density at radius 1 is 0.967 bits per heavy atom. The van der Waals surface area contributed by atoms with Crippen LogP contribution in [0.5, 0.6) is 5.75 Å². The summed E-state index contributed by atoms with van der Waals surface area (Å²) in [5.74, 6) is -1.00. The number of hydrogen-bond acceptors (Lipinski definition) is 4. The van der Waals surface area contributed by atoms with Gasteiger partial charge in [0.2, 0.25) is 0 Å². The average Bonchev–Trinajstić information content (AvgIpc) is 2.73. The average molecular weight is 415 g/mol. The van der Waals surface area contributed by atoms with Crippen molar-refractivity contribution in [2.75, 3.05) is 0 Å². The Bertz CT molecular complexity index is 1080. The van der Waals surface area contributed by atoms with Crippen LogP contribution in [-0.4, -0.2) is 10.9 Å². The summed E-state index contributed by atoms with van der Waals surface area (Å²) in [6, 6.07) is 16.1. The van der Waals surface area contributed by atoms with Crippen molar-refractivity contribution >= 4 is 11.7 Å². The molecule has 0 radical (unpaired) electrons. The molecule has 0 aliphatic heterocycles. The van der Waals surface area contributed by atoms with Crippen molar-refractivity contribution in [3.05, 3.63) is 93.5 Å². The van der Waals surface area contributed by atoms with Crippen LogP contribution >= 0.6 is 0 Å². The normalized spacial score (nSPS) is 11.2. The number of carbonyl (C=O) groups is 1. The maximum atomic E-state index is 12.8. The fourth-order valence-electron chi connectivity index (χ4n) is 2.84. The Labute approximate surface area is 169 Å². The number of benzene rings is 3. The summed E-state index contributed by atoms with van der Waals surface area (Å²) in [4.78, 5) is 22.4. The van der Waals surface area contributed by atoms with Crippen molar-refractivity contribution in [2.24, 2.45) is 0 Å². The molecule has 0 aliphatic carbocycles. The van der Waals surface area contributed by atoms with Gasteiger partial charge < -0.3 is 4.74 Å². The maximum Gasteiger partial charge on any atom is 0.416 e. The zero-order valence-corrected chi connectivity index (χ0v) is 15.8. The molecule has 5 nitrogen and oxygen atoms in total. The van der Waals surface area contributed by atoms with E-state index < -0.39 is 33.9 Å². The smallest absolute Gasteiger partial charge is 0.416 e. The highest BCUT2D eigenvalue weighted by Gasteiger charge is 2.34. The number of esters is 1. The minimum Gasteiger partial charge on any atom is -0.423 e. The summed E-state index contributed by atoms with van der Waals surface area (Å²) in [6.07, 6.45) is -3.84. The summed E-state index contributed by atoms with van der Waals surface area (Å²) in [5.41, 5.74) is 0.280. The maximum absolute atomic E-state index is 12.8. The second-order valence-electron chi connectivity index (χ2n) is 6.45. The summed E-state index contributed by atoms with van der Waals surface area (Å²) < 4.78 is 43.5. The molecule has 0 bridgehead atoms. The Hall–Kier alpha value is -3.68. The first-order chi connectivity index (χ1) is 14.2. The van der Waals surface area contributed by atoms with E-state index in [-0.39, 0.29) is 5.75 Å². The second kappa shape index (κ2) is 8.36. The number of carbonyl (C=O) groups excluding carboxylic acids is 1. The summed E-state index contributed by atoms with van der Waals surface area (Å²) in [6.45, 7) is 2.05. The number of rotatable bonds is 5. The molecule has 0 unspecified atom stereocenters. The molecule has 0 aliphatic rings. The lowest BCUT2D eigenvalue weighted by Crippen LogP contribution is -2.13. The fourth-order valence-corrected chi connectivity index (χ4v) is 2.84. The van der Waals surface area contributed by atoms with Gasteiger partial charge in [-0.2, -0.15) is 13.2 Å². The van der Waals surface area contributed by atoms with Gasteiger partial charge in [-0.3, -0.25) is 10.1 Å². The van der Waals surface area contributed by atoms with Gasteiger partial charge in [0.05, 0.1) is 10.5 Å². The van der Waals surface area contributed by atoms with Crippen molar-refractivity contribution in [1.82, 2.24) is 0 Å². The molecule has 3 rings (SSSR count). The minimum atomic E-state index is -4.77. The van der Waals surface area contributed by atoms with Gasteiger partial charge in [-0.25, -0.2) is 4.79 Å². The molecule has 0 aromatic heterocycles. The van der Waals surface area contributed by atoms with Gasteiger partial charge in [-0.1, -0.05) is 43.3 Å². The molecule has 0 N–H and O–H groups in total. The third-order valence-electron chi connectivity index (χ3n) is 4.50. The van der Waals surface area contributed by atoms with E-state index in [1.807, 2.05) is 24.3 Å². The van der Waals surface area contributed by atoms with E-state index >= 15 is 0 Å². The molecule has 0 fully saturated rings. The fraction of sp³-hybridized carbons (Fsp3) is 0.136. The highest BCUT2D eigenvalue weighted by Crippen LogP contribution is 2.33. The SMILES string of the molecule is CCc1ccc(-c2ccc(OC(=O)c3ccc(C(F)(F)F)cc3[N+](=O)[O-])cc2)cc1. The number of halogens is 3. The number of nitro benzene ring substituents is 1. The summed E-state index contributed by atoms with van der Waals surface area (Å²) >= 11 is 0. The third-order valence-corrected chi connectivity index (χ3v) is 4.50. The molecule has 0 spiro atoms. The lowest BCUT2D eigenvalue weighted by atomic mass is 10.0. The van der Waals surface area contributed by atoms with E-state index in [0.29, 0.717) is 12.1 Å². The first-order valence-electron chi connectivity index (χ1n) is 8.96. The summed E-state index contributed by atoms with van der Waals surface area (Å²) in [5, 5.41) is 11.1. The van der Waals surface area contributed by atoms with E-state index in [2.05, 4.69) is 6.92 Å². The molecule has 8 heteroatoms. The van der Waals surface area contributed by atoms with Crippen molar-refractivity contribution in [3.8, 4) is 16.9 Å². The number of alkyl halides is 3. The minimum absolute atomic E-state index is 0.114. The number of hydrogen-bond donors (Lipinski definition) is 0. The summed E-state index contributed by atoms with van der Waals surface area (Å²) in [7, 11) is 0. The van der Waals surface area contributed by atoms with Crippen LogP contribution in [-0.2, 0) is 12.6 Å². The number of nitrogens with zero attached hydrogens (tertiary/aromatic N) is 1. The van der Waals surface area contributed by atoms with Gasteiger partial charge in [0, 0.05) is 6.07 Å². The van der Waals surface area contributed by atoms with E-state index in [9.17, 15) is 28.1 Å². The molecular weight excluding hydrogens is 399 g/mol. The van der Waals surface area contributed by atoms with Crippen LogP contribution in [0.1, 0.15) is 28.4 Å². The van der Waals surface area contributed by atoms with Crippen molar-refractivity contribution in [2.45, 2.75) is 19.5 Å². The first kappa shape index (κ1) is 21.0. The van der Waals surface area contributed by atoms with E-state index in [4.69, 9.17) is 4.74 Å². The van der Waals surface area contributed by atoms with Gasteiger partial charge in [0.1, 0.15) is 11.3 Å². The monoisotopic (exact) mass is 415 g/mol. The van der Waals surface area contributed by atoms with Crippen molar-refractivity contribution in [1.29, 1.82) is 0 Å². The van der Waals surface area contributed by atoms with Gasteiger partial charge in [0.15, 0.2) is 0 Å². The zero-order chi connectivity index (χ0) is 21.9. The molecular formula is C22H16F3NO4. The lowest BCUT2D eigenvalue weighted by Gasteiger charge is -2.09. The van der Waals surface area contributed by atoms with Crippen LogP contribution in [0.3, 0.4) is 0 Å². The van der Waals surface area contributed by atoms with Crippen LogP contribution < -0.4 is 4.74 Å². The van der Waals surface area contributed by atoms with Crippen molar-refractivity contribution < 1.29 is 27.6 Å².